The lowest BCUT2D eigenvalue weighted by molar-refractivity contribution is -0.274. The van der Waals surface area contributed by atoms with Crippen LogP contribution in [0.5, 0.6) is 5.75 Å². The summed E-state index contributed by atoms with van der Waals surface area (Å²) in [6, 6.07) is 6.47. The molecule has 1 aromatic carbocycles. The molecule has 0 fully saturated rings. The minimum Gasteiger partial charge on any atom is -0.406 e. The molecule has 3 rings (SSSR count). The number of alkyl halides is 3. The SMILES string of the molecule is Cc1ccsc1-c1[nH]c2ccc(OC(F)(F)F)cc2c1CCCCN. The molecule has 25 heavy (non-hydrogen) atoms. The number of aromatic amines is 1. The van der Waals surface area contributed by atoms with Crippen LogP contribution in [0.4, 0.5) is 13.2 Å². The van der Waals surface area contributed by atoms with Crippen molar-refractivity contribution < 1.29 is 17.9 Å². The molecular weight excluding hydrogens is 349 g/mol. The van der Waals surface area contributed by atoms with E-state index in [0.29, 0.717) is 6.54 Å². The first kappa shape index (κ1) is 17.8. The van der Waals surface area contributed by atoms with Crippen LogP contribution in [0.25, 0.3) is 21.5 Å². The van der Waals surface area contributed by atoms with Crippen molar-refractivity contribution in [3.63, 3.8) is 0 Å². The van der Waals surface area contributed by atoms with Gasteiger partial charge in [-0.25, -0.2) is 0 Å². The monoisotopic (exact) mass is 368 g/mol. The van der Waals surface area contributed by atoms with Gasteiger partial charge in [0.05, 0.1) is 10.6 Å². The number of hydrogen-bond acceptors (Lipinski definition) is 3. The Balaban J connectivity index is 2.08. The predicted octanol–water partition coefficient (Wildman–Crippen LogP) is 5.38. The molecule has 0 radical (unpaired) electrons. The third kappa shape index (κ3) is 3.99. The molecule has 0 aliphatic heterocycles. The minimum atomic E-state index is -4.70. The summed E-state index contributed by atoms with van der Waals surface area (Å²) in [5, 5.41) is 2.78. The average Bonchev–Trinajstić information content (AvgIpc) is 3.09. The van der Waals surface area contributed by atoms with Crippen LogP contribution in [0, 0.1) is 6.92 Å². The quantitative estimate of drug-likeness (QED) is 0.574. The van der Waals surface area contributed by atoms with E-state index in [4.69, 9.17) is 5.73 Å². The number of halogens is 3. The summed E-state index contributed by atoms with van der Waals surface area (Å²) < 4.78 is 41.7. The Hall–Kier alpha value is -1.99. The van der Waals surface area contributed by atoms with Crippen molar-refractivity contribution in [3.05, 3.63) is 40.8 Å². The summed E-state index contributed by atoms with van der Waals surface area (Å²) in [6.07, 6.45) is -2.20. The molecule has 0 saturated carbocycles. The van der Waals surface area contributed by atoms with Crippen LogP contribution in [-0.2, 0) is 6.42 Å². The van der Waals surface area contributed by atoms with Crippen molar-refractivity contribution in [1.29, 1.82) is 0 Å². The third-order valence-electron chi connectivity index (χ3n) is 4.08. The first-order valence-corrected chi connectivity index (χ1v) is 8.92. The van der Waals surface area contributed by atoms with Crippen LogP contribution in [0.2, 0.25) is 0 Å². The lowest BCUT2D eigenvalue weighted by Gasteiger charge is -2.09. The molecule has 0 unspecified atom stereocenters. The Kier molecular flexibility index (Phi) is 5.06. The van der Waals surface area contributed by atoms with E-state index in [2.05, 4.69) is 9.72 Å². The number of H-pyrrole nitrogens is 1. The van der Waals surface area contributed by atoms with Crippen molar-refractivity contribution in [3.8, 4) is 16.3 Å². The molecule has 0 aliphatic rings. The number of benzene rings is 1. The fourth-order valence-electron chi connectivity index (χ4n) is 2.95. The summed E-state index contributed by atoms with van der Waals surface area (Å²) in [5.41, 5.74) is 9.52. The number of rotatable bonds is 6. The van der Waals surface area contributed by atoms with E-state index in [-0.39, 0.29) is 5.75 Å². The fourth-order valence-corrected chi connectivity index (χ4v) is 3.91. The van der Waals surface area contributed by atoms with Gasteiger partial charge in [-0.3, -0.25) is 0 Å². The van der Waals surface area contributed by atoms with Crippen LogP contribution < -0.4 is 10.5 Å². The second-order valence-electron chi connectivity index (χ2n) is 5.91. The number of aryl methyl sites for hydroxylation is 2. The molecule has 0 atom stereocenters. The van der Waals surface area contributed by atoms with Gasteiger partial charge in [-0.1, -0.05) is 0 Å². The van der Waals surface area contributed by atoms with Crippen molar-refractivity contribution in [2.24, 2.45) is 5.73 Å². The van der Waals surface area contributed by atoms with Crippen LogP contribution in [-0.4, -0.2) is 17.9 Å². The van der Waals surface area contributed by atoms with Gasteiger partial charge in [0.2, 0.25) is 0 Å². The highest BCUT2D eigenvalue weighted by Crippen LogP contribution is 2.38. The van der Waals surface area contributed by atoms with Gasteiger partial charge in [0.15, 0.2) is 0 Å². The number of aromatic nitrogens is 1. The highest BCUT2D eigenvalue weighted by atomic mass is 32.1. The van der Waals surface area contributed by atoms with Crippen LogP contribution >= 0.6 is 11.3 Å². The Labute approximate surface area is 147 Å². The summed E-state index contributed by atoms with van der Waals surface area (Å²) in [4.78, 5) is 4.48. The number of ether oxygens (including phenoxy) is 1. The van der Waals surface area contributed by atoms with E-state index < -0.39 is 6.36 Å². The molecule has 3 nitrogen and oxygen atoms in total. The Morgan fingerprint density at radius 1 is 1.20 bits per heavy atom. The van der Waals surface area contributed by atoms with E-state index in [0.717, 1.165) is 51.9 Å². The molecule has 134 valence electrons. The minimum absolute atomic E-state index is 0.200. The third-order valence-corrected chi connectivity index (χ3v) is 5.12. The van der Waals surface area contributed by atoms with Crippen molar-refractivity contribution in [2.75, 3.05) is 6.54 Å². The van der Waals surface area contributed by atoms with Crippen molar-refractivity contribution in [2.45, 2.75) is 32.5 Å². The number of unbranched alkanes of at least 4 members (excludes halogenated alkanes) is 1. The zero-order valence-electron chi connectivity index (χ0n) is 13.7. The van der Waals surface area contributed by atoms with Gasteiger partial charge in [0.25, 0.3) is 0 Å². The van der Waals surface area contributed by atoms with Gasteiger partial charge in [-0.15, -0.1) is 24.5 Å². The molecule has 7 heteroatoms. The second kappa shape index (κ2) is 7.09. The molecular formula is C18H19F3N2OS. The molecule has 3 N–H and O–H groups in total. The maximum Gasteiger partial charge on any atom is 0.573 e. The number of thiophene rings is 1. The lowest BCUT2D eigenvalue weighted by atomic mass is 10.0. The Morgan fingerprint density at radius 3 is 2.64 bits per heavy atom. The molecule has 3 aromatic rings. The predicted molar refractivity (Wildman–Crippen MR) is 95.0 cm³/mol. The first-order valence-electron chi connectivity index (χ1n) is 8.04. The molecule has 0 spiro atoms. The molecule has 0 amide bonds. The van der Waals surface area contributed by atoms with Crippen molar-refractivity contribution in [1.82, 2.24) is 4.98 Å². The first-order chi connectivity index (χ1) is 11.9. The van der Waals surface area contributed by atoms with Crippen LogP contribution in [0.3, 0.4) is 0 Å². The summed E-state index contributed by atoms with van der Waals surface area (Å²) in [6.45, 7) is 2.62. The van der Waals surface area contributed by atoms with E-state index in [9.17, 15) is 13.2 Å². The topological polar surface area (TPSA) is 51.0 Å². The lowest BCUT2D eigenvalue weighted by Crippen LogP contribution is -2.16. The van der Waals surface area contributed by atoms with Crippen LogP contribution in [0.15, 0.2) is 29.6 Å². The molecule has 0 saturated heterocycles. The standard InChI is InChI=1S/C18H19F3N2OS/c1-11-7-9-25-17(11)16-13(4-2-3-8-22)14-10-12(24-18(19,20)21)5-6-15(14)23-16/h5-7,9-10,23H,2-4,8,22H2,1H3. The van der Waals surface area contributed by atoms with Gasteiger partial charge >= 0.3 is 6.36 Å². The van der Waals surface area contributed by atoms with E-state index >= 15 is 0 Å². The van der Waals surface area contributed by atoms with Gasteiger partial charge in [-0.05, 0) is 73.5 Å². The summed E-state index contributed by atoms with van der Waals surface area (Å²) in [5.74, 6) is -0.200. The number of fused-ring (bicyclic) bond motifs is 1. The number of nitrogens with one attached hydrogen (secondary N) is 1. The Bertz CT molecular complexity index is 867. The zero-order valence-corrected chi connectivity index (χ0v) is 14.6. The van der Waals surface area contributed by atoms with Gasteiger partial charge in [0.1, 0.15) is 5.75 Å². The highest BCUT2D eigenvalue weighted by Gasteiger charge is 2.31. The fraction of sp³-hybridized carbons (Fsp3) is 0.333. The van der Waals surface area contributed by atoms with E-state index in [1.165, 1.54) is 12.1 Å². The maximum absolute atomic E-state index is 12.5. The zero-order chi connectivity index (χ0) is 18.0. The summed E-state index contributed by atoms with van der Waals surface area (Å²) >= 11 is 1.62. The maximum atomic E-state index is 12.5. The van der Waals surface area contributed by atoms with E-state index in [1.54, 1.807) is 17.4 Å². The van der Waals surface area contributed by atoms with Crippen molar-refractivity contribution >= 4 is 22.2 Å². The second-order valence-corrected chi connectivity index (χ2v) is 6.83. The molecule has 0 bridgehead atoms. The number of hydrogen-bond donors (Lipinski definition) is 2. The normalized spacial score (nSPS) is 12.0. The summed E-state index contributed by atoms with van der Waals surface area (Å²) in [7, 11) is 0. The smallest absolute Gasteiger partial charge is 0.406 e. The van der Waals surface area contributed by atoms with Gasteiger partial charge in [-0.2, -0.15) is 0 Å². The van der Waals surface area contributed by atoms with Gasteiger partial charge in [0, 0.05) is 10.9 Å². The molecule has 2 aromatic heterocycles. The van der Waals surface area contributed by atoms with Gasteiger partial charge < -0.3 is 15.5 Å². The molecule has 0 aliphatic carbocycles. The Morgan fingerprint density at radius 2 is 2.00 bits per heavy atom. The van der Waals surface area contributed by atoms with Crippen LogP contribution in [0.1, 0.15) is 24.0 Å². The average molecular weight is 368 g/mol. The largest absolute Gasteiger partial charge is 0.573 e. The van der Waals surface area contributed by atoms with E-state index in [1.807, 2.05) is 18.4 Å². The molecule has 2 heterocycles. The highest BCUT2D eigenvalue weighted by molar-refractivity contribution is 7.13. The number of nitrogens with two attached hydrogens (primary N) is 1.